The van der Waals surface area contributed by atoms with Gasteiger partial charge in [0.2, 0.25) is 0 Å². The zero-order valence-electron chi connectivity index (χ0n) is 85.3. The summed E-state index contributed by atoms with van der Waals surface area (Å²) in [5.41, 5.74) is 16.0. The second-order valence-corrected chi connectivity index (χ2v) is 45.2. The lowest BCUT2D eigenvalue weighted by molar-refractivity contribution is -1.11. The number of aliphatic hydroxyl groups is 2. The minimum atomic E-state index is -3.22. The summed E-state index contributed by atoms with van der Waals surface area (Å²) in [6, 6.07) is 75.7. The second kappa shape index (κ2) is 55.6. The Morgan fingerprint density at radius 1 is 0.309 bits per heavy atom. The third kappa shape index (κ3) is 32.9. The van der Waals surface area contributed by atoms with E-state index in [0.29, 0.717) is 22.5 Å². The fourth-order valence-electron chi connectivity index (χ4n) is 17.4. The van der Waals surface area contributed by atoms with Crippen molar-refractivity contribution in [3.63, 3.8) is 0 Å². The van der Waals surface area contributed by atoms with Crippen LogP contribution in [0.3, 0.4) is 0 Å². The van der Waals surface area contributed by atoms with Gasteiger partial charge >= 0.3 is 17.1 Å². The van der Waals surface area contributed by atoms with Crippen LogP contribution in [0.1, 0.15) is 255 Å². The van der Waals surface area contributed by atoms with E-state index in [4.69, 9.17) is 24.3 Å². The third-order valence-electron chi connectivity index (χ3n) is 26.5. The van der Waals surface area contributed by atoms with Crippen LogP contribution < -0.4 is 0 Å². The summed E-state index contributed by atoms with van der Waals surface area (Å²) in [4.78, 5) is 68.9. The van der Waals surface area contributed by atoms with Crippen molar-refractivity contribution in [2.75, 3.05) is 61.7 Å². The molecule has 19 nitrogen and oxygen atoms in total. The van der Waals surface area contributed by atoms with Crippen LogP contribution in [-0.4, -0.2) is 144 Å². The van der Waals surface area contributed by atoms with Crippen LogP contribution in [0, 0.1) is 0 Å². The van der Waals surface area contributed by atoms with Crippen LogP contribution in [0.15, 0.2) is 218 Å². The van der Waals surface area contributed by atoms with E-state index in [-0.39, 0.29) is 59.4 Å². The summed E-state index contributed by atoms with van der Waals surface area (Å²) in [5, 5.41) is 25.6. The summed E-state index contributed by atoms with van der Waals surface area (Å²) >= 11 is 13.8. The van der Waals surface area contributed by atoms with Crippen LogP contribution in [0.25, 0.3) is 109 Å². The van der Waals surface area contributed by atoms with Crippen LogP contribution >= 0.6 is 51.3 Å². The fourth-order valence-corrected chi connectivity index (χ4v) is 17.4. The summed E-state index contributed by atoms with van der Waals surface area (Å²) in [5.74, 6) is -0.0560. The molecule has 5 heterocycles. The van der Waals surface area contributed by atoms with Crippen molar-refractivity contribution < 1.29 is 67.2 Å². The number of para-hydroxylation sites is 6. The number of Topliss-reactive ketones (excluding diaryl/α,β-unsaturated/α-hetero) is 3. The molecule has 10 aromatic carbocycles. The van der Waals surface area contributed by atoms with Crippen molar-refractivity contribution in [1.82, 2.24) is 22.8 Å². The molecule has 0 unspecified atom stereocenters. The number of aryl methyl sites for hydroxylation is 5. The molecule has 0 aliphatic carbocycles. The molecule has 0 radical (unpaired) electrons. The molecule has 0 aliphatic heterocycles. The van der Waals surface area contributed by atoms with Crippen LogP contribution in [0.2, 0.25) is 0 Å². The Morgan fingerprint density at radius 2 is 0.518 bits per heavy atom. The maximum atomic E-state index is 11.8. The van der Waals surface area contributed by atoms with Crippen LogP contribution in [0.5, 0.6) is 0 Å². The van der Waals surface area contributed by atoms with Gasteiger partial charge in [0.25, 0.3) is 0 Å². The second-order valence-electron chi connectivity index (χ2n) is 38.6. The zero-order chi connectivity index (χ0) is 100. The van der Waals surface area contributed by atoms with Gasteiger partial charge in [-0.1, -0.05) is 186 Å². The predicted octanol–water partition coefficient (Wildman–Crippen LogP) is 30.9. The van der Waals surface area contributed by atoms with E-state index in [1.165, 1.54) is 175 Å². The van der Waals surface area contributed by atoms with Gasteiger partial charge in [-0.3, -0.25) is 28.5 Å². The number of carbonyl (C=O) groups excluding carboxylic acids is 5. The van der Waals surface area contributed by atoms with E-state index < -0.39 is 5.20 Å². The molecule has 0 saturated carbocycles. The Bertz CT molecular complexity index is 6480. The first-order valence-electron chi connectivity index (χ1n) is 49.4. The topological polar surface area (TPSA) is 204 Å². The van der Waals surface area contributed by atoms with E-state index in [1.807, 2.05) is 48.5 Å². The van der Waals surface area contributed by atoms with Gasteiger partial charge in [0.05, 0.1) is 48.0 Å². The normalized spacial score (nSPS) is 11.7. The minimum absolute atomic E-state index is 0. The number of carbonyl (C=O) groups is 5. The van der Waals surface area contributed by atoms with Crippen molar-refractivity contribution in [3.8, 4) is 0 Å². The number of ether oxygens (including phenoxy) is 2. The molecule has 750 valence electrons. The monoisotopic (exact) mass is 1990 g/mol. The number of halogens is 4. The molecule has 2 N–H and O–H groups in total. The van der Waals surface area contributed by atoms with Gasteiger partial charge in [-0.05, 0) is 275 Å². The van der Waals surface area contributed by atoms with Crippen molar-refractivity contribution in [2.24, 2.45) is 0 Å². The zero-order valence-corrected chi connectivity index (χ0v) is 89.3. The number of rotatable bonds is 40. The first-order valence-corrected chi connectivity index (χ1v) is 53.9. The maximum absolute atomic E-state index is 11.8. The summed E-state index contributed by atoms with van der Waals surface area (Å²) < 4.78 is 32.6. The van der Waals surface area contributed by atoms with Crippen LogP contribution in [-0.2, 0) is 72.6 Å². The largest absolute Gasteiger partial charge is 0.466 e. The lowest BCUT2D eigenvalue weighted by atomic mass is 10.1. The molecule has 0 spiro atoms. The quantitative estimate of drug-likeness (QED) is 0.00919. The smallest absolute Gasteiger partial charge is 0.339 e. The molecule has 0 fully saturated rings. The van der Waals surface area contributed by atoms with Gasteiger partial charge in [0.15, 0.2) is 17.3 Å². The molecule has 15 aromatic rings. The highest BCUT2D eigenvalue weighted by molar-refractivity contribution is 8.24. The molecule has 0 atom stereocenters. The molecule has 15 rings (SSSR count). The molecule has 5 aromatic heterocycles. The van der Waals surface area contributed by atoms with Gasteiger partial charge in [0, 0.05) is 179 Å². The number of benzene rings is 10. The summed E-state index contributed by atoms with van der Waals surface area (Å²) in [7, 11) is 9.51. The lowest BCUT2D eigenvalue weighted by Gasteiger charge is -2.39. The Labute approximate surface area is 844 Å². The van der Waals surface area contributed by atoms with Gasteiger partial charge in [-0.15, -0.1) is 12.4 Å². The number of aromatic nitrogens is 5. The number of hydroxylamine groups is 6. The van der Waals surface area contributed by atoms with Crippen molar-refractivity contribution in [3.05, 3.63) is 241 Å². The molecular weight excluding hydrogens is 1840 g/mol. The number of fused-ring (bicyclic) bond motifs is 15. The fraction of sp³-hybridized carbons (Fsp3) is 0.435. The van der Waals surface area contributed by atoms with Gasteiger partial charge in [-0.25, -0.2) is 9.68 Å². The summed E-state index contributed by atoms with van der Waals surface area (Å²) in [6.45, 7) is 31.1. The molecule has 0 saturated heterocycles. The van der Waals surface area contributed by atoms with Gasteiger partial charge in [0.1, 0.15) is 24.3 Å². The van der Waals surface area contributed by atoms with Crippen molar-refractivity contribution in [2.45, 2.75) is 268 Å². The molecule has 0 aliphatic rings. The van der Waals surface area contributed by atoms with E-state index >= 15 is 0 Å². The number of unbranched alkanes of at least 4 members (excludes halogenated alkanes) is 16. The predicted molar refractivity (Wildman–Crippen MR) is 585 cm³/mol. The Kier molecular flexibility index (Phi) is 45.9. The minimum Gasteiger partial charge on any atom is -0.466 e. The SMILES string of the molecule is CC(=O)OCCCCCCn1c2ccccc2c2cc(C(C)=O)ccc21.CC(=O)OCCCCCCn1c2ccccc2c2ccccc21.CC(=O)c1ccc2c(c1)c1ccccc1n2CCCCCCO[N+](C)(C)C(C)(C)C.CC(C)(C)[N+](C)(C)OCCCCCCn1c2ccccc2c2cc(CO)ccc21.CCCCCCCn1c2ccccc2c2cc(C(C)=O)ccc21.CO.Cl.O=P(Cl)(Cl)Cl. The van der Waals surface area contributed by atoms with Crippen molar-refractivity contribution in [1.29, 1.82) is 0 Å². The first-order chi connectivity index (χ1) is 65.9. The third-order valence-corrected chi connectivity index (χ3v) is 26.5. The number of nitrogens with zero attached hydrogens (tertiary/aromatic N) is 7. The average Bonchev–Trinajstić information content (AvgIpc) is 1.62. The standard InChI is InChI=1S/C26H37N2O2.C25H37N2O2.C22H25NO3.C21H25NO.C20H23NO2.CH4O.Cl3OP.ClH/c1-20(29)21-15-16-25-23(19-21)22-13-9-10-14-24(22)27(25)17-11-7-8-12-18-30-28(5,6)26(2,3)4;1-25(2,3)27(4,5)29-17-11-7-6-10-16-26-23-13-9-8-12-21(23)22-18-20(19-28)14-15-24(22)26;1-16(24)18-11-12-22-20(15-18)19-9-5-6-10-21(19)23(22)13-7-3-4-8-14-26-17(2)25;1-3-4-5-6-9-14-22-20-11-8-7-10-18(20)19-15-17(16(2)23)12-13-21(19)22;1-16(22)23-15-9-3-2-8-14-21-19-12-6-4-10-17(19)18-11-5-7-13-20(18)21;1-2;1-5(2,3)4;/h9-10,13-16,19H,7-8,11-12,17-18H2,1-6H3;8-9,12-15,18,28H,6-7,10-11,16-17,19H2,1-5H3;5-6,9-12,15H,3-4,7-8,13-14H2,1-2H3;7-8,10-13,15H,3-6,9,14H2,1-2H3;4-7,10-13H,2-3,8-9,14-15H2,1H3;2H,1H3;;1H/q2*+1;;;;;;. The van der Waals surface area contributed by atoms with Crippen molar-refractivity contribution >= 4 is 190 Å². The highest BCUT2D eigenvalue weighted by Crippen LogP contribution is 2.61. The van der Waals surface area contributed by atoms with E-state index in [9.17, 15) is 33.6 Å². The van der Waals surface area contributed by atoms with Gasteiger partial charge < -0.3 is 42.5 Å². The first kappa shape index (κ1) is 115. The van der Waals surface area contributed by atoms with Crippen LogP contribution in [0.4, 0.5) is 0 Å². The number of aliphatic hydroxyl groups excluding tert-OH is 2. The Hall–Kier alpha value is -9.70. The summed E-state index contributed by atoms with van der Waals surface area (Å²) in [6.07, 6.45) is 24.2. The maximum Gasteiger partial charge on any atom is 0.339 e. The van der Waals surface area contributed by atoms with Gasteiger partial charge in [-0.2, -0.15) is 9.29 Å². The number of esters is 2. The molecular formula is C115H152Cl4N7O12P+2. The van der Waals surface area contributed by atoms with E-state index in [2.05, 4.69) is 303 Å². The number of ketones is 3. The van der Waals surface area contributed by atoms with E-state index in [0.717, 1.165) is 158 Å². The Balaban J connectivity index is 0.000000209. The highest BCUT2D eigenvalue weighted by Gasteiger charge is 2.35. The number of hydrogen-bond donors (Lipinski definition) is 2. The lowest BCUT2D eigenvalue weighted by Crippen LogP contribution is -2.54. The molecule has 0 bridgehead atoms. The highest BCUT2D eigenvalue weighted by atomic mass is 36.0. The molecule has 139 heavy (non-hydrogen) atoms. The Morgan fingerprint density at radius 3 is 0.748 bits per heavy atom. The average molecular weight is 2000 g/mol. The number of quaternary nitrogens is 2. The number of hydrogen-bond acceptors (Lipinski definition) is 12. The van der Waals surface area contributed by atoms with E-state index in [1.54, 1.807) is 20.8 Å². The molecule has 0 amide bonds. The molecule has 24 heteroatoms.